The van der Waals surface area contributed by atoms with E-state index in [1.54, 1.807) is 0 Å². The molecule has 10 nitrogen and oxygen atoms in total. The molecule has 10 heteroatoms. The Labute approximate surface area is 347 Å². The van der Waals surface area contributed by atoms with E-state index >= 15 is 0 Å². The highest BCUT2D eigenvalue weighted by atomic mass is 16.6. The molecule has 59 heavy (non-hydrogen) atoms. The van der Waals surface area contributed by atoms with Gasteiger partial charge in [0.2, 0.25) is 25.2 Å². The predicted octanol–water partition coefficient (Wildman–Crippen LogP) is 7.71. The maximum absolute atomic E-state index is 11.0. The number of nitrogens with zero attached hydrogens (tertiary/aromatic N) is 2. The summed E-state index contributed by atoms with van der Waals surface area (Å²) >= 11 is 0. The van der Waals surface area contributed by atoms with Crippen LogP contribution in [-0.4, -0.2) is 71.8 Å². The first kappa shape index (κ1) is 42.6. The molecule has 4 unspecified atom stereocenters. The molecule has 0 saturated heterocycles. The first-order valence-electron chi connectivity index (χ1n) is 19.8. The molecule has 0 fully saturated rings. The van der Waals surface area contributed by atoms with Gasteiger partial charge in [-0.25, -0.2) is 0 Å². The lowest BCUT2D eigenvalue weighted by Gasteiger charge is -2.30. The summed E-state index contributed by atoms with van der Waals surface area (Å²) in [5, 5.41) is 43.9. The number of hydrogen-bond acceptors (Lipinski definition) is 10. The molecule has 308 valence electrons. The Morgan fingerprint density at radius 1 is 0.339 bits per heavy atom. The van der Waals surface area contributed by atoms with Gasteiger partial charge in [0, 0.05) is 11.4 Å². The van der Waals surface area contributed by atoms with Crippen molar-refractivity contribution in [1.82, 2.24) is 0 Å². The Morgan fingerprint density at radius 3 is 0.780 bits per heavy atom. The van der Waals surface area contributed by atoms with Gasteiger partial charge in [0.1, 0.15) is 23.0 Å². The molecule has 0 heterocycles. The third-order valence-electron chi connectivity index (χ3n) is 9.69. The molecule has 6 rings (SSSR count). The summed E-state index contributed by atoms with van der Waals surface area (Å²) in [6.45, 7) is 8.25. The van der Waals surface area contributed by atoms with Crippen molar-refractivity contribution in [2.75, 3.05) is 36.0 Å². The van der Waals surface area contributed by atoms with Crippen LogP contribution in [0.5, 0.6) is 23.0 Å². The fourth-order valence-electron chi connectivity index (χ4n) is 6.45. The average Bonchev–Trinajstić information content (AvgIpc) is 3.21. The predicted molar refractivity (Wildman–Crippen MR) is 231 cm³/mol. The Kier molecular flexibility index (Phi) is 14.9. The third-order valence-corrected chi connectivity index (χ3v) is 9.69. The van der Waals surface area contributed by atoms with E-state index in [0.717, 1.165) is 44.8 Å². The minimum atomic E-state index is -1.17. The fraction of sp³-hybridized carbons (Fsp3) is 0.265. The molecule has 6 aromatic rings. The summed E-state index contributed by atoms with van der Waals surface area (Å²) in [6.07, 6.45) is -4.06. The van der Waals surface area contributed by atoms with Crippen LogP contribution in [0, 0.1) is 27.7 Å². The van der Waals surface area contributed by atoms with E-state index in [2.05, 4.69) is 0 Å². The molecular weight excluding hydrogens is 745 g/mol. The van der Waals surface area contributed by atoms with E-state index in [9.17, 15) is 20.4 Å². The topological polar surface area (TPSA) is 124 Å². The van der Waals surface area contributed by atoms with Crippen LogP contribution in [0.1, 0.15) is 33.4 Å². The zero-order valence-corrected chi connectivity index (χ0v) is 34.0. The normalized spacial score (nSPS) is 13.2. The SMILES string of the molecule is Cc1ccc(OC(O)CN(CC(O)Oc2ccc(C)cc2)c2ccc(Cc3ccc(N(CC(O)Oc4ccc(C)cc4)CC(O)Oc4ccc(C)cc4)cc3)cc2)cc1. The molecule has 0 aliphatic heterocycles. The number of aryl methyl sites for hydroxylation is 4. The van der Waals surface area contributed by atoms with Gasteiger partial charge < -0.3 is 49.2 Å². The van der Waals surface area contributed by atoms with Gasteiger partial charge in [0.25, 0.3) is 0 Å². The Balaban J connectivity index is 1.13. The number of ether oxygens (including phenoxy) is 4. The van der Waals surface area contributed by atoms with Crippen molar-refractivity contribution in [3.63, 3.8) is 0 Å². The van der Waals surface area contributed by atoms with E-state index < -0.39 is 25.2 Å². The lowest BCUT2D eigenvalue weighted by atomic mass is 10.0. The number of anilines is 2. The summed E-state index contributed by atoms with van der Waals surface area (Å²) in [5.74, 6) is 2.18. The van der Waals surface area contributed by atoms with Crippen LogP contribution >= 0.6 is 0 Å². The quantitative estimate of drug-likeness (QED) is 0.0572. The second-order valence-corrected chi connectivity index (χ2v) is 14.9. The summed E-state index contributed by atoms with van der Waals surface area (Å²) in [6, 6.07) is 45.7. The summed E-state index contributed by atoms with van der Waals surface area (Å²) < 4.78 is 23.3. The van der Waals surface area contributed by atoms with Crippen molar-refractivity contribution >= 4 is 11.4 Å². The van der Waals surface area contributed by atoms with Gasteiger partial charge in [-0.05, 0) is 118 Å². The van der Waals surface area contributed by atoms with Gasteiger partial charge in [-0.1, -0.05) is 95.1 Å². The zero-order valence-electron chi connectivity index (χ0n) is 34.0. The lowest BCUT2D eigenvalue weighted by Crippen LogP contribution is -2.41. The van der Waals surface area contributed by atoms with Gasteiger partial charge in [0.15, 0.2) is 0 Å². The molecule has 4 N–H and O–H groups in total. The molecule has 0 amide bonds. The Morgan fingerprint density at radius 2 is 0.559 bits per heavy atom. The van der Waals surface area contributed by atoms with Crippen LogP contribution in [0.3, 0.4) is 0 Å². The first-order valence-corrected chi connectivity index (χ1v) is 19.8. The molecule has 0 aliphatic rings. The Hall–Kier alpha value is -6.04. The maximum Gasteiger partial charge on any atom is 0.215 e. The van der Waals surface area contributed by atoms with Crippen LogP contribution in [0.25, 0.3) is 0 Å². The Bertz CT molecular complexity index is 1880. The lowest BCUT2D eigenvalue weighted by molar-refractivity contribution is -0.0273. The number of hydrogen-bond donors (Lipinski definition) is 4. The van der Waals surface area contributed by atoms with E-state index in [4.69, 9.17) is 18.9 Å². The minimum Gasteiger partial charge on any atom is -0.463 e. The van der Waals surface area contributed by atoms with Crippen LogP contribution in [0.2, 0.25) is 0 Å². The molecule has 0 saturated carbocycles. The third kappa shape index (κ3) is 13.5. The monoisotopic (exact) mass is 798 g/mol. The largest absolute Gasteiger partial charge is 0.463 e. The number of aliphatic hydroxyl groups is 4. The van der Waals surface area contributed by atoms with Gasteiger partial charge in [-0.3, -0.25) is 0 Å². The number of rotatable bonds is 20. The van der Waals surface area contributed by atoms with E-state index in [1.807, 2.05) is 183 Å². The van der Waals surface area contributed by atoms with Crippen molar-refractivity contribution < 1.29 is 39.4 Å². The highest BCUT2D eigenvalue weighted by Gasteiger charge is 2.21. The standard InChI is InChI=1S/C49H54N2O8/c1-34-5-21-42(22-6-34)56-46(52)30-50(31-47(53)57-43-23-7-35(2)8-24-43)40-17-13-38(14-18-40)29-39-15-19-41(20-16-39)51(32-48(54)58-44-25-9-36(3)10-26-44)33-49(55)59-45-27-11-37(4)12-28-45/h5-28,46-49,52-55H,29-33H2,1-4H3. The molecule has 4 atom stereocenters. The van der Waals surface area contributed by atoms with Crippen molar-refractivity contribution in [3.05, 3.63) is 179 Å². The molecule has 0 spiro atoms. The summed E-state index contributed by atoms with van der Waals surface area (Å²) in [5.41, 5.74) is 7.99. The number of aliphatic hydroxyl groups excluding tert-OH is 4. The van der Waals surface area contributed by atoms with Crippen LogP contribution in [-0.2, 0) is 6.42 Å². The summed E-state index contributed by atoms with van der Waals surface area (Å²) in [4.78, 5) is 3.66. The zero-order chi connectivity index (χ0) is 41.7. The fourth-order valence-corrected chi connectivity index (χ4v) is 6.45. The molecule has 0 bridgehead atoms. The smallest absolute Gasteiger partial charge is 0.215 e. The molecule has 0 aromatic heterocycles. The molecule has 0 aliphatic carbocycles. The first-order chi connectivity index (χ1) is 28.4. The van der Waals surface area contributed by atoms with Crippen molar-refractivity contribution in [2.45, 2.75) is 59.3 Å². The maximum atomic E-state index is 11.0. The van der Waals surface area contributed by atoms with Crippen molar-refractivity contribution in [3.8, 4) is 23.0 Å². The molecular formula is C49H54N2O8. The van der Waals surface area contributed by atoms with Gasteiger partial charge in [-0.2, -0.15) is 0 Å². The molecule has 0 radical (unpaired) electrons. The number of benzene rings is 6. The van der Waals surface area contributed by atoms with Crippen molar-refractivity contribution in [1.29, 1.82) is 0 Å². The van der Waals surface area contributed by atoms with E-state index in [0.29, 0.717) is 29.4 Å². The second-order valence-electron chi connectivity index (χ2n) is 14.9. The van der Waals surface area contributed by atoms with Crippen LogP contribution in [0.15, 0.2) is 146 Å². The highest BCUT2D eigenvalue weighted by molar-refractivity contribution is 5.51. The minimum absolute atomic E-state index is 0.0784. The van der Waals surface area contributed by atoms with E-state index in [1.165, 1.54) is 0 Å². The van der Waals surface area contributed by atoms with Crippen LogP contribution in [0.4, 0.5) is 11.4 Å². The second kappa shape index (κ2) is 20.6. The van der Waals surface area contributed by atoms with E-state index in [-0.39, 0.29) is 26.2 Å². The van der Waals surface area contributed by atoms with Crippen molar-refractivity contribution in [2.24, 2.45) is 0 Å². The average molecular weight is 799 g/mol. The highest BCUT2D eigenvalue weighted by Crippen LogP contribution is 2.24. The van der Waals surface area contributed by atoms with Crippen LogP contribution < -0.4 is 28.7 Å². The van der Waals surface area contributed by atoms with Gasteiger partial charge >= 0.3 is 0 Å². The van der Waals surface area contributed by atoms with Gasteiger partial charge in [-0.15, -0.1) is 0 Å². The molecule has 6 aromatic carbocycles. The summed E-state index contributed by atoms with van der Waals surface area (Å²) in [7, 11) is 0. The van der Waals surface area contributed by atoms with Gasteiger partial charge in [0.05, 0.1) is 26.2 Å².